The van der Waals surface area contributed by atoms with Crippen molar-refractivity contribution in [2.45, 2.75) is 26.7 Å². The lowest BCUT2D eigenvalue weighted by molar-refractivity contribution is -0.144. The minimum absolute atomic E-state index is 0.428. The van der Waals surface area contributed by atoms with Crippen molar-refractivity contribution < 1.29 is 14.7 Å². The van der Waals surface area contributed by atoms with Crippen LogP contribution in [0.25, 0.3) is 0 Å². The Hall–Kier alpha value is -1.84. The highest BCUT2D eigenvalue weighted by Crippen LogP contribution is 2.17. The summed E-state index contributed by atoms with van der Waals surface area (Å²) in [6.45, 7) is 5.53. The molecule has 0 fully saturated rings. The van der Waals surface area contributed by atoms with Crippen LogP contribution in [0, 0.1) is 5.92 Å². The number of rotatable bonds is 4. The fourth-order valence-electron chi connectivity index (χ4n) is 1.31. The summed E-state index contributed by atoms with van der Waals surface area (Å²) in [5.41, 5.74) is 1.79. The maximum Gasteiger partial charge on any atom is 0.315 e. The Labute approximate surface area is 101 Å². The number of amides is 1. The molecule has 0 saturated heterocycles. The fraction of sp³-hybridized carbons (Fsp3) is 0.385. The average molecular weight is 235 g/mol. The molecule has 1 aromatic rings. The molecule has 0 aliphatic carbocycles. The van der Waals surface area contributed by atoms with Crippen molar-refractivity contribution >= 4 is 17.6 Å². The van der Waals surface area contributed by atoms with E-state index in [1.54, 1.807) is 12.1 Å². The van der Waals surface area contributed by atoms with Crippen molar-refractivity contribution in [1.29, 1.82) is 0 Å². The Morgan fingerprint density at radius 2 is 1.65 bits per heavy atom. The van der Waals surface area contributed by atoms with Crippen LogP contribution in [0.2, 0.25) is 0 Å². The van der Waals surface area contributed by atoms with Crippen molar-refractivity contribution in [1.82, 2.24) is 0 Å². The van der Waals surface area contributed by atoms with Crippen molar-refractivity contribution in [2.24, 2.45) is 5.92 Å². The van der Waals surface area contributed by atoms with Gasteiger partial charge in [-0.05, 0) is 30.5 Å². The molecule has 1 rings (SSSR count). The smallest absolute Gasteiger partial charge is 0.315 e. The summed E-state index contributed by atoms with van der Waals surface area (Å²) in [6.07, 6.45) is 0. The van der Waals surface area contributed by atoms with E-state index in [1.165, 1.54) is 12.5 Å². The van der Waals surface area contributed by atoms with Gasteiger partial charge < -0.3 is 10.4 Å². The maximum absolute atomic E-state index is 11.5. The van der Waals surface area contributed by atoms with E-state index in [-0.39, 0.29) is 0 Å². The minimum Gasteiger partial charge on any atom is -0.481 e. The SMILES string of the molecule is CC(C(=O)O)C(=O)Nc1ccc(C(C)C)cc1. The van der Waals surface area contributed by atoms with Crippen LogP contribution >= 0.6 is 0 Å². The number of carbonyl (C=O) groups excluding carboxylic acids is 1. The molecule has 0 aromatic heterocycles. The van der Waals surface area contributed by atoms with E-state index >= 15 is 0 Å². The molecule has 0 radical (unpaired) electrons. The zero-order chi connectivity index (χ0) is 13.0. The highest BCUT2D eigenvalue weighted by molar-refractivity contribution is 6.03. The first-order chi connectivity index (χ1) is 7.91. The van der Waals surface area contributed by atoms with E-state index in [1.807, 2.05) is 12.1 Å². The van der Waals surface area contributed by atoms with Crippen molar-refractivity contribution in [3.63, 3.8) is 0 Å². The molecule has 0 spiro atoms. The van der Waals surface area contributed by atoms with Crippen LogP contribution in [0.1, 0.15) is 32.3 Å². The van der Waals surface area contributed by atoms with Crippen LogP contribution in [0.3, 0.4) is 0 Å². The Bertz CT molecular complexity index is 409. The molecule has 0 bridgehead atoms. The van der Waals surface area contributed by atoms with Crippen molar-refractivity contribution in [2.75, 3.05) is 5.32 Å². The maximum atomic E-state index is 11.5. The zero-order valence-electron chi connectivity index (χ0n) is 10.2. The molecule has 1 amide bonds. The van der Waals surface area contributed by atoms with E-state index in [0.717, 1.165) is 0 Å². The Balaban J connectivity index is 2.70. The average Bonchev–Trinajstić information content (AvgIpc) is 2.28. The number of aliphatic carboxylic acids is 1. The van der Waals surface area contributed by atoms with Gasteiger partial charge in [0.1, 0.15) is 5.92 Å². The first kappa shape index (κ1) is 13.2. The summed E-state index contributed by atoms with van der Waals surface area (Å²) in [5.74, 6) is -2.24. The summed E-state index contributed by atoms with van der Waals surface area (Å²) >= 11 is 0. The first-order valence-electron chi connectivity index (χ1n) is 5.55. The third kappa shape index (κ3) is 3.59. The van der Waals surface area contributed by atoms with Crippen LogP contribution in [0.4, 0.5) is 5.69 Å². The van der Waals surface area contributed by atoms with E-state index in [4.69, 9.17) is 5.11 Å². The molecule has 17 heavy (non-hydrogen) atoms. The summed E-state index contributed by atoms with van der Waals surface area (Å²) < 4.78 is 0. The van der Waals surface area contributed by atoms with Gasteiger partial charge in [0.15, 0.2) is 0 Å². The van der Waals surface area contributed by atoms with Crippen LogP contribution in [-0.4, -0.2) is 17.0 Å². The summed E-state index contributed by atoms with van der Waals surface area (Å²) in [6, 6.07) is 7.40. The summed E-state index contributed by atoms with van der Waals surface area (Å²) in [7, 11) is 0. The number of benzene rings is 1. The molecule has 0 aliphatic heterocycles. The lowest BCUT2D eigenvalue weighted by atomic mass is 10.0. The number of nitrogens with one attached hydrogen (secondary N) is 1. The molecular formula is C13H17NO3. The van der Waals surface area contributed by atoms with Crippen LogP contribution in [0.15, 0.2) is 24.3 Å². The van der Waals surface area contributed by atoms with Gasteiger partial charge in [0, 0.05) is 5.69 Å². The van der Waals surface area contributed by atoms with Gasteiger partial charge in [-0.15, -0.1) is 0 Å². The molecule has 2 N–H and O–H groups in total. The van der Waals surface area contributed by atoms with Crippen LogP contribution < -0.4 is 5.32 Å². The molecule has 1 unspecified atom stereocenters. The number of anilines is 1. The topological polar surface area (TPSA) is 66.4 Å². The molecule has 1 atom stereocenters. The van der Waals surface area contributed by atoms with Gasteiger partial charge in [0.05, 0.1) is 0 Å². The molecule has 0 heterocycles. The van der Waals surface area contributed by atoms with E-state index in [2.05, 4.69) is 19.2 Å². The van der Waals surface area contributed by atoms with Crippen molar-refractivity contribution in [3.05, 3.63) is 29.8 Å². The molecule has 1 aromatic carbocycles. The summed E-state index contributed by atoms with van der Waals surface area (Å²) in [4.78, 5) is 22.1. The molecule has 4 heteroatoms. The first-order valence-corrected chi connectivity index (χ1v) is 5.55. The Morgan fingerprint density at radius 1 is 1.12 bits per heavy atom. The number of carbonyl (C=O) groups is 2. The predicted octanol–water partition coefficient (Wildman–Crippen LogP) is 2.47. The van der Waals surface area contributed by atoms with Gasteiger partial charge in [0.25, 0.3) is 0 Å². The lowest BCUT2D eigenvalue weighted by Crippen LogP contribution is -2.26. The number of carboxylic acid groups (broad SMARTS) is 1. The largest absolute Gasteiger partial charge is 0.481 e. The van der Waals surface area contributed by atoms with E-state index in [9.17, 15) is 9.59 Å². The Kier molecular flexibility index (Phi) is 4.26. The molecular weight excluding hydrogens is 218 g/mol. The zero-order valence-corrected chi connectivity index (χ0v) is 10.2. The normalized spacial score (nSPS) is 12.2. The Morgan fingerprint density at radius 3 is 2.06 bits per heavy atom. The van der Waals surface area contributed by atoms with Gasteiger partial charge in [-0.3, -0.25) is 9.59 Å². The van der Waals surface area contributed by atoms with Crippen molar-refractivity contribution in [3.8, 4) is 0 Å². The number of hydrogen-bond acceptors (Lipinski definition) is 2. The fourth-order valence-corrected chi connectivity index (χ4v) is 1.31. The number of hydrogen-bond donors (Lipinski definition) is 2. The predicted molar refractivity (Wildman–Crippen MR) is 66.0 cm³/mol. The molecule has 92 valence electrons. The second kappa shape index (κ2) is 5.48. The van der Waals surface area contributed by atoms with Crippen LogP contribution in [-0.2, 0) is 9.59 Å². The van der Waals surface area contributed by atoms with E-state index < -0.39 is 17.8 Å². The quantitative estimate of drug-likeness (QED) is 0.788. The monoisotopic (exact) mass is 235 g/mol. The van der Waals surface area contributed by atoms with Gasteiger partial charge >= 0.3 is 5.97 Å². The second-order valence-electron chi connectivity index (χ2n) is 4.33. The molecule has 4 nitrogen and oxygen atoms in total. The third-order valence-electron chi connectivity index (χ3n) is 2.61. The van der Waals surface area contributed by atoms with Crippen LogP contribution in [0.5, 0.6) is 0 Å². The highest BCUT2D eigenvalue weighted by Gasteiger charge is 2.20. The number of carboxylic acids is 1. The van der Waals surface area contributed by atoms with Gasteiger partial charge in [-0.2, -0.15) is 0 Å². The van der Waals surface area contributed by atoms with E-state index in [0.29, 0.717) is 11.6 Å². The van der Waals surface area contributed by atoms with Gasteiger partial charge in [-0.1, -0.05) is 26.0 Å². The molecule has 0 aliphatic rings. The minimum atomic E-state index is -1.12. The third-order valence-corrected chi connectivity index (χ3v) is 2.61. The van der Waals surface area contributed by atoms with Gasteiger partial charge in [-0.25, -0.2) is 0 Å². The second-order valence-corrected chi connectivity index (χ2v) is 4.33. The lowest BCUT2D eigenvalue weighted by Gasteiger charge is -2.10. The standard InChI is InChI=1S/C13H17NO3/c1-8(2)10-4-6-11(7-5-10)14-12(15)9(3)13(16)17/h4-9H,1-3H3,(H,14,15)(H,16,17). The highest BCUT2D eigenvalue weighted by atomic mass is 16.4. The summed E-state index contributed by atoms with van der Waals surface area (Å²) in [5, 5.41) is 11.3. The molecule has 0 saturated carbocycles. The van der Waals surface area contributed by atoms with Gasteiger partial charge in [0.2, 0.25) is 5.91 Å².